The van der Waals surface area contributed by atoms with Crippen LogP contribution in [0.3, 0.4) is 0 Å². The van der Waals surface area contributed by atoms with Gasteiger partial charge in [0.25, 0.3) is 0 Å². The minimum absolute atomic E-state index is 0. The van der Waals surface area contributed by atoms with Crippen molar-refractivity contribution in [2.45, 2.75) is 82.7 Å². The van der Waals surface area contributed by atoms with E-state index in [0.29, 0.717) is 11.5 Å². The lowest BCUT2D eigenvalue weighted by Gasteiger charge is -2.27. The van der Waals surface area contributed by atoms with Gasteiger partial charge in [-0.15, -0.1) is 0 Å². The number of rotatable bonds is 8. The highest BCUT2D eigenvalue weighted by molar-refractivity contribution is 5.73. The Morgan fingerprint density at radius 2 is 1.09 bits per heavy atom. The normalized spacial score (nSPS) is 10.7. The van der Waals surface area contributed by atoms with E-state index in [1.807, 2.05) is 129 Å². The van der Waals surface area contributed by atoms with E-state index in [-0.39, 0.29) is 14.9 Å². The molecule has 0 heterocycles. The highest BCUT2D eigenvalue weighted by atomic mass is 16.6. The molecule has 0 unspecified atom stereocenters. The molecular formula is C39H49NO4. The summed E-state index contributed by atoms with van der Waals surface area (Å²) in [5.41, 5.74) is 8.03. The van der Waals surface area contributed by atoms with Gasteiger partial charge in [0.1, 0.15) is 28.7 Å². The number of carbonyl (C=O) groups is 1. The van der Waals surface area contributed by atoms with Gasteiger partial charge in [-0.2, -0.15) is 0 Å². The first-order chi connectivity index (χ1) is 19.7. The van der Waals surface area contributed by atoms with Crippen molar-refractivity contribution in [3.05, 3.63) is 118 Å². The highest BCUT2D eigenvalue weighted by Crippen LogP contribution is 2.38. The smallest absolute Gasteiger partial charge is 0.413 e. The first-order valence-corrected chi connectivity index (χ1v) is 14.2. The van der Waals surface area contributed by atoms with Crippen LogP contribution in [0.4, 0.5) is 4.79 Å². The molecule has 234 valence electrons. The number of allylic oxidation sites excluding steroid dienone is 1. The van der Waals surface area contributed by atoms with E-state index in [2.05, 4.69) is 11.9 Å². The fourth-order valence-electron chi connectivity index (χ4n) is 5.08. The maximum atomic E-state index is 13.0. The van der Waals surface area contributed by atoms with Gasteiger partial charge < -0.3 is 19.5 Å². The molecule has 4 rings (SSSR count). The van der Waals surface area contributed by atoms with E-state index < -0.39 is 11.6 Å². The molecule has 5 heteroatoms. The summed E-state index contributed by atoms with van der Waals surface area (Å²) in [4.78, 5) is 13.0. The maximum absolute atomic E-state index is 13.0. The van der Waals surface area contributed by atoms with Crippen LogP contribution in [-0.2, 0) is 5.54 Å². The Labute approximate surface area is 264 Å². The molecule has 1 amide bonds. The van der Waals surface area contributed by atoms with Gasteiger partial charge in [-0.05, 0) is 137 Å². The van der Waals surface area contributed by atoms with E-state index in [4.69, 9.17) is 14.2 Å². The summed E-state index contributed by atoms with van der Waals surface area (Å²) in [5, 5.41) is 3.01. The lowest BCUT2D eigenvalue weighted by atomic mass is 9.92. The summed E-state index contributed by atoms with van der Waals surface area (Å²) in [6, 6.07) is 21.9. The number of aryl methyl sites for hydroxylation is 6. The van der Waals surface area contributed by atoms with Crippen LogP contribution >= 0.6 is 0 Å². The van der Waals surface area contributed by atoms with E-state index in [1.165, 1.54) is 0 Å². The van der Waals surface area contributed by atoms with Crippen LogP contribution in [0.25, 0.3) is 5.57 Å². The van der Waals surface area contributed by atoms with Crippen molar-refractivity contribution in [3.8, 4) is 28.7 Å². The molecule has 0 bridgehead atoms. The first kappa shape index (κ1) is 35.7. The molecule has 4 aromatic rings. The quantitative estimate of drug-likeness (QED) is 0.220. The number of hydrogen-bond acceptors (Lipinski definition) is 4. The summed E-state index contributed by atoms with van der Waals surface area (Å²) in [6.07, 6.45) is -0.522. The van der Waals surface area contributed by atoms with Gasteiger partial charge >= 0.3 is 6.09 Å². The average Bonchev–Trinajstić information content (AvgIpc) is 2.90. The summed E-state index contributed by atoms with van der Waals surface area (Å²) in [7, 11) is 0. The van der Waals surface area contributed by atoms with Crippen LogP contribution in [0.5, 0.6) is 28.7 Å². The van der Waals surface area contributed by atoms with Crippen LogP contribution < -0.4 is 19.5 Å². The van der Waals surface area contributed by atoms with Crippen LogP contribution in [-0.4, -0.2) is 6.09 Å². The molecule has 0 spiro atoms. The second-order valence-corrected chi connectivity index (χ2v) is 11.7. The van der Waals surface area contributed by atoms with Crippen molar-refractivity contribution >= 4 is 11.7 Å². The molecule has 0 fully saturated rings. The van der Waals surface area contributed by atoms with Gasteiger partial charge in [0.15, 0.2) is 0 Å². The molecule has 0 atom stereocenters. The Kier molecular flexibility index (Phi) is 11.6. The average molecular weight is 596 g/mol. The van der Waals surface area contributed by atoms with Crippen LogP contribution in [0.15, 0.2) is 73.3 Å². The second-order valence-electron chi connectivity index (χ2n) is 11.7. The minimum Gasteiger partial charge on any atom is -0.457 e. The zero-order chi connectivity index (χ0) is 30.8. The van der Waals surface area contributed by atoms with E-state index >= 15 is 0 Å². The van der Waals surface area contributed by atoms with Crippen molar-refractivity contribution in [3.63, 3.8) is 0 Å². The van der Waals surface area contributed by atoms with Gasteiger partial charge in [-0.3, -0.25) is 0 Å². The molecule has 5 nitrogen and oxygen atoms in total. The number of nitrogens with one attached hydrogen (secondary N) is 1. The van der Waals surface area contributed by atoms with Crippen molar-refractivity contribution in [2.24, 2.45) is 0 Å². The molecule has 0 radical (unpaired) electrons. The van der Waals surface area contributed by atoms with E-state index in [9.17, 15) is 4.79 Å². The van der Waals surface area contributed by atoms with E-state index in [0.717, 1.165) is 67.3 Å². The summed E-state index contributed by atoms with van der Waals surface area (Å²) >= 11 is 0. The molecule has 0 saturated carbocycles. The van der Waals surface area contributed by atoms with Gasteiger partial charge in [-0.25, -0.2) is 4.79 Å². The molecule has 0 aliphatic carbocycles. The number of amides is 1. The zero-order valence-corrected chi connectivity index (χ0v) is 26.2. The summed E-state index contributed by atoms with van der Waals surface area (Å²) in [6.45, 7) is 21.8. The van der Waals surface area contributed by atoms with Crippen LogP contribution in [0.2, 0.25) is 0 Å². The Morgan fingerprint density at radius 3 is 1.57 bits per heavy atom. The van der Waals surface area contributed by atoms with Crippen molar-refractivity contribution in [1.82, 2.24) is 5.32 Å². The monoisotopic (exact) mass is 595 g/mol. The molecule has 0 aromatic heterocycles. The van der Waals surface area contributed by atoms with Gasteiger partial charge in [0, 0.05) is 0 Å². The Balaban J connectivity index is 0.00000337. The topological polar surface area (TPSA) is 56.8 Å². The van der Waals surface area contributed by atoms with Crippen molar-refractivity contribution in [1.29, 1.82) is 0 Å². The molecule has 0 aliphatic heterocycles. The molecular weight excluding hydrogens is 546 g/mol. The molecule has 0 saturated heterocycles. The van der Waals surface area contributed by atoms with Gasteiger partial charge in [0.2, 0.25) is 0 Å². The van der Waals surface area contributed by atoms with Gasteiger partial charge in [0.05, 0.1) is 5.54 Å². The highest BCUT2D eigenvalue weighted by Gasteiger charge is 2.25. The predicted octanol–water partition coefficient (Wildman–Crippen LogP) is 11.5. The summed E-state index contributed by atoms with van der Waals surface area (Å²) in [5.74, 6) is 3.60. The first-order valence-electron chi connectivity index (χ1n) is 14.2. The number of carbonyl (C=O) groups excluding carboxylic acids is 1. The lowest BCUT2D eigenvalue weighted by molar-refractivity contribution is 0.188. The molecule has 0 aliphatic rings. The predicted molar refractivity (Wildman–Crippen MR) is 185 cm³/mol. The zero-order valence-electron chi connectivity index (χ0n) is 26.2. The largest absolute Gasteiger partial charge is 0.457 e. The summed E-state index contributed by atoms with van der Waals surface area (Å²) < 4.78 is 18.4. The maximum Gasteiger partial charge on any atom is 0.413 e. The van der Waals surface area contributed by atoms with Crippen molar-refractivity contribution < 1.29 is 19.0 Å². The van der Waals surface area contributed by atoms with Gasteiger partial charge in [-0.1, -0.05) is 63.4 Å². The number of para-hydroxylation sites is 1. The fraction of sp³-hybridized carbons (Fsp3) is 0.308. The SMILES string of the molecule is C.C.C=C(C)c1cccc(C(C)(C)NC(=O)Oc2c(C)cc(Oc3c(C)cc(Oc4c(C)cccc4C)cc3C)cc2C)c1. The standard InChI is InChI=1S/C37H41NO4.2CH4/c1-22(2)29-15-12-16-30(21-29)37(9,10)38-36(39)42-35-27(7)19-32(20-28(35)8)41-34-25(5)17-31(18-26(34)6)40-33-23(3)13-11-14-24(33)4;;/h11-21H,1H2,2-10H3,(H,38,39);2*1H4. The van der Waals surface area contributed by atoms with Crippen LogP contribution in [0, 0.1) is 41.5 Å². The number of benzene rings is 4. The molecule has 1 N–H and O–H groups in total. The lowest BCUT2D eigenvalue weighted by Crippen LogP contribution is -2.42. The molecule has 4 aromatic carbocycles. The fourth-order valence-corrected chi connectivity index (χ4v) is 5.08. The Morgan fingerprint density at radius 1 is 0.659 bits per heavy atom. The third kappa shape index (κ3) is 8.10. The Bertz CT molecular complexity index is 1600. The van der Waals surface area contributed by atoms with E-state index in [1.54, 1.807) is 0 Å². The third-order valence-corrected chi connectivity index (χ3v) is 7.40. The van der Waals surface area contributed by atoms with Crippen LogP contribution in [0.1, 0.15) is 80.1 Å². The molecule has 44 heavy (non-hydrogen) atoms. The number of ether oxygens (including phenoxy) is 3. The minimum atomic E-state index is -0.643. The van der Waals surface area contributed by atoms with Crippen molar-refractivity contribution in [2.75, 3.05) is 0 Å². The second kappa shape index (κ2) is 14.3. The number of hydrogen-bond donors (Lipinski definition) is 1. The third-order valence-electron chi connectivity index (χ3n) is 7.40. The Hall–Kier alpha value is -4.51.